The van der Waals surface area contributed by atoms with Gasteiger partial charge in [0.25, 0.3) is 5.91 Å². The number of carbonyl (C=O) groups excluding carboxylic acids is 1. The van der Waals surface area contributed by atoms with Crippen LogP contribution in [0.4, 0.5) is 0 Å². The number of carboxylic acid groups (broad SMARTS) is 1. The third kappa shape index (κ3) is 3.36. The average Bonchev–Trinajstić information content (AvgIpc) is 3.25. The highest BCUT2D eigenvalue weighted by Gasteiger charge is 2.34. The second kappa shape index (κ2) is 6.15. The fourth-order valence-corrected chi connectivity index (χ4v) is 2.36. The van der Waals surface area contributed by atoms with Crippen LogP contribution in [0.2, 0.25) is 0 Å². The van der Waals surface area contributed by atoms with Crippen LogP contribution < -0.4 is 0 Å². The fraction of sp³-hybridized carbons (Fsp3) is 0.400. The molecule has 1 atom stereocenters. The molecule has 0 spiro atoms. The molecule has 1 heterocycles. The van der Waals surface area contributed by atoms with Gasteiger partial charge in [-0.1, -0.05) is 6.92 Å². The zero-order valence-electron chi connectivity index (χ0n) is 12.7. The number of hydrogen-bond acceptors (Lipinski definition) is 5. The number of hydrogen-bond donors (Lipinski definition) is 1. The molecule has 1 unspecified atom stereocenters. The molecule has 1 aromatic carbocycles. The fourth-order valence-electron chi connectivity index (χ4n) is 2.36. The summed E-state index contributed by atoms with van der Waals surface area (Å²) in [4.78, 5) is 25.4. The molecule has 1 aliphatic carbocycles. The van der Waals surface area contributed by atoms with Gasteiger partial charge in [-0.05, 0) is 47.5 Å². The lowest BCUT2D eigenvalue weighted by Gasteiger charge is -2.24. The minimum atomic E-state index is -0.891. The molecule has 3 rings (SSSR count). The van der Waals surface area contributed by atoms with Crippen LogP contribution in [0.3, 0.4) is 0 Å². The first kappa shape index (κ1) is 15.1. The Balaban J connectivity index is 1.76. The van der Waals surface area contributed by atoms with E-state index in [1.165, 1.54) is 11.0 Å². The molecule has 1 aromatic heterocycles. The summed E-state index contributed by atoms with van der Waals surface area (Å²) >= 11 is 0. The number of benzene rings is 1. The molecule has 8 heteroatoms. The van der Waals surface area contributed by atoms with Crippen molar-refractivity contribution in [2.24, 2.45) is 5.92 Å². The Morgan fingerprint density at radius 3 is 2.57 bits per heavy atom. The Morgan fingerprint density at radius 1 is 1.35 bits per heavy atom. The van der Waals surface area contributed by atoms with Crippen LogP contribution in [0, 0.1) is 5.92 Å². The molecular formula is C15H17N5O3. The van der Waals surface area contributed by atoms with Gasteiger partial charge in [0.2, 0.25) is 0 Å². The van der Waals surface area contributed by atoms with E-state index in [0.717, 1.165) is 18.5 Å². The summed E-state index contributed by atoms with van der Waals surface area (Å²) in [5.41, 5.74) is 1.29. The van der Waals surface area contributed by atoms with Crippen molar-refractivity contribution in [3.05, 3.63) is 36.2 Å². The van der Waals surface area contributed by atoms with E-state index in [1.54, 1.807) is 36.1 Å². The predicted octanol–water partition coefficient (Wildman–Crippen LogP) is 0.988. The largest absolute Gasteiger partial charge is 0.481 e. The van der Waals surface area contributed by atoms with Crippen molar-refractivity contribution in [2.45, 2.75) is 25.8 Å². The van der Waals surface area contributed by atoms with Crippen LogP contribution in [0.1, 0.15) is 30.1 Å². The first-order valence-electron chi connectivity index (χ1n) is 7.43. The van der Waals surface area contributed by atoms with Crippen LogP contribution in [0.5, 0.6) is 0 Å². The van der Waals surface area contributed by atoms with Gasteiger partial charge in [-0.15, -0.1) is 5.10 Å². The van der Waals surface area contributed by atoms with E-state index in [0.29, 0.717) is 5.56 Å². The smallest absolute Gasteiger partial charge is 0.308 e. The zero-order valence-corrected chi connectivity index (χ0v) is 12.7. The minimum Gasteiger partial charge on any atom is -0.481 e. The summed E-state index contributed by atoms with van der Waals surface area (Å²) in [6.45, 7) is 1.85. The Hall–Kier alpha value is -2.77. The van der Waals surface area contributed by atoms with Gasteiger partial charge >= 0.3 is 5.97 Å². The van der Waals surface area contributed by atoms with Gasteiger partial charge in [-0.2, -0.15) is 0 Å². The summed E-state index contributed by atoms with van der Waals surface area (Å²) in [6.07, 6.45) is 3.34. The number of nitrogens with zero attached hydrogens (tertiary/aromatic N) is 5. The number of aliphatic carboxylic acids is 1. The Morgan fingerprint density at radius 2 is 2.04 bits per heavy atom. The van der Waals surface area contributed by atoms with Gasteiger partial charge in [-0.25, -0.2) is 4.68 Å². The van der Waals surface area contributed by atoms with Crippen LogP contribution in [-0.2, 0) is 4.79 Å². The van der Waals surface area contributed by atoms with Gasteiger partial charge in [0.05, 0.1) is 11.6 Å². The highest BCUT2D eigenvalue weighted by Crippen LogP contribution is 2.29. The molecular weight excluding hydrogens is 298 g/mol. The van der Waals surface area contributed by atoms with Crippen molar-refractivity contribution in [3.63, 3.8) is 0 Å². The normalized spacial score (nSPS) is 15.2. The van der Waals surface area contributed by atoms with E-state index in [9.17, 15) is 9.59 Å². The molecule has 2 aromatic rings. The molecule has 1 amide bonds. The molecule has 23 heavy (non-hydrogen) atoms. The topological polar surface area (TPSA) is 101 Å². The van der Waals surface area contributed by atoms with Crippen LogP contribution in [0.25, 0.3) is 5.69 Å². The molecule has 0 saturated heterocycles. The summed E-state index contributed by atoms with van der Waals surface area (Å²) < 4.78 is 1.50. The standard InChI is InChI=1S/C15H17N5O3/c1-10(15(22)23)8-19(12-6-7-12)14(21)11-2-4-13(5-3-11)20-9-16-17-18-20/h2-5,9-10,12H,6-8H2,1H3,(H,22,23). The molecule has 1 fully saturated rings. The van der Waals surface area contributed by atoms with Crippen LogP contribution in [0.15, 0.2) is 30.6 Å². The molecule has 0 bridgehead atoms. The van der Waals surface area contributed by atoms with Gasteiger partial charge in [0, 0.05) is 18.2 Å². The lowest BCUT2D eigenvalue weighted by Crippen LogP contribution is -2.38. The third-order valence-electron chi connectivity index (χ3n) is 3.87. The van der Waals surface area contributed by atoms with Gasteiger partial charge in [-0.3, -0.25) is 9.59 Å². The van der Waals surface area contributed by atoms with Crippen molar-refractivity contribution in [2.75, 3.05) is 6.54 Å². The molecule has 1 aliphatic rings. The number of carbonyl (C=O) groups is 2. The van der Waals surface area contributed by atoms with Crippen molar-refractivity contribution in [1.29, 1.82) is 0 Å². The molecule has 0 aliphatic heterocycles. The Bertz CT molecular complexity index is 694. The van der Waals surface area contributed by atoms with Gasteiger partial charge in [0.15, 0.2) is 0 Å². The van der Waals surface area contributed by atoms with E-state index >= 15 is 0 Å². The SMILES string of the molecule is CC(CN(C(=O)c1ccc(-n2cnnn2)cc1)C1CC1)C(=O)O. The van der Waals surface area contributed by atoms with Crippen molar-refractivity contribution in [3.8, 4) is 5.69 Å². The van der Waals surface area contributed by atoms with Crippen molar-refractivity contribution < 1.29 is 14.7 Å². The van der Waals surface area contributed by atoms with Crippen molar-refractivity contribution >= 4 is 11.9 Å². The maximum Gasteiger partial charge on any atom is 0.308 e. The first-order valence-corrected chi connectivity index (χ1v) is 7.43. The molecule has 0 radical (unpaired) electrons. The Labute approximate surface area is 132 Å². The van der Waals surface area contributed by atoms with E-state index in [-0.39, 0.29) is 18.5 Å². The lowest BCUT2D eigenvalue weighted by atomic mass is 10.1. The predicted molar refractivity (Wildman–Crippen MR) is 80.0 cm³/mol. The van der Waals surface area contributed by atoms with Crippen LogP contribution >= 0.6 is 0 Å². The Kier molecular flexibility index (Phi) is 4.05. The highest BCUT2D eigenvalue weighted by atomic mass is 16.4. The summed E-state index contributed by atoms with van der Waals surface area (Å²) in [6, 6.07) is 7.09. The maximum atomic E-state index is 12.7. The average molecular weight is 315 g/mol. The van der Waals surface area contributed by atoms with E-state index in [2.05, 4.69) is 15.5 Å². The second-order valence-corrected chi connectivity index (χ2v) is 5.73. The van der Waals surface area contributed by atoms with Gasteiger partial charge in [0.1, 0.15) is 6.33 Å². The minimum absolute atomic E-state index is 0.135. The van der Waals surface area contributed by atoms with Crippen molar-refractivity contribution in [1.82, 2.24) is 25.1 Å². The third-order valence-corrected chi connectivity index (χ3v) is 3.87. The number of tetrazole rings is 1. The molecule has 1 saturated carbocycles. The number of carboxylic acids is 1. The number of amides is 1. The highest BCUT2D eigenvalue weighted by molar-refractivity contribution is 5.95. The van der Waals surface area contributed by atoms with Crippen LogP contribution in [-0.4, -0.2) is 54.7 Å². The summed E-state index contributed by atoms with van der Waals surface area (Å²) in [5.74, 6) is -1.61. The quantitative estimate of drug-likeness (QED) is 0.853. The lowest BCUT2D eigenvalue weighted by molar-refractivity contribution is -0.141. The maximum absolute atomic E-state index is 12.7. The first-order chi connectivity index (χ1) is 11.1. The molecule has 1 N–H and O–H groups in total. The number of aromatic nitrogens is 4. The van der Waals surface area contributed by atoms with Gasteiger partial charge < -0.3 is 10.0 Å². The monoisotopic (exact) mass is 315 g/mol. The van der Waals surface area contributed by atoms with E-state index in [4.69, 9.17) is 5.11 Å². The second-order valence-electron chi connectivity index (χ2n) is 5.73. The summed E-state index contributed by atoms with van der Waals surface area (Å²) in [5, 5.41) is 20.0. The zero-order chi connectivity index (χ0) is 16.4. The molecule has 120 valence electrons. The van der Waals surface area contributed by atoms with E-state index < -0.39 is 11.9 Å². The molecule has 8 nitrogen and oxygen atoms in total. The van der Waals surface area contributed by atoms with E-state index in [1.807, 2.05) is 0 Å². The summed E-state index contributed by atoms with van der Waals surface area (Å²) in [7, 11) is 0. The number of rotatable bonds is 6.